The number of fused-ring (bicyclic) bond motifs is 3. The van der Waals surface area contributed by atoms with Gasteiger partial charge in [-0.05, 0) is 78.1 Å². The van der Waals surface area contributed by atoms with Crippen LogP contribution in [0.5, 0.6) is 0 Å². The largest absolute Gasteiger partial charge is 0.309 e. The molecule has 0 heterocycles. The summed E-state index contributed by atoms with van der Waals surface area (Å²) in [6, 6.07) is 37.9. The summed E-state index contributed by atoms with van der Waals surface area (Å²) in [5.41, 5.74) is 11.4. The molecule has 0 bridgehead atoms. The first kappa shape index (κ1) is 23.7. The summed E-state index contributed by atoms with van der Waals surface area (Å²) in [5.74, 6) is 0. The highest BCUT2D eigenvalue weighted by molar-refractivity contribution is 7.85. The number of hydrogen-bond acceptors (Lipinski definition) is 1. The van der Waals surface area contributed by atoms with Crippen LogP contribution in [0.4, 0.5) is 0 Å². The molecule has 0 fully saturated rings. The lowest BCUT2D eigenvalue weighted by molar-refractivity contribution is 0.592. The van der Waals surface area contributed by atoms with Gasteiger partial charge >= 0.3 is 0 Å². The molecule has 0 saturated carbocycles. The second-order valence-electron chi connectivity index (χ2n) is 10.3. The molecule has 0 amide bonds. The van der Waals surface area contributed by atoms with Crippen molar-refractivity contribution in [2.45, 2.75) is 33.6 Å². The van der Waals surface area contributed by atoms with E-state index in [4.69, 9.17) is 0 Å². The van der Waals surface area contributed by atoms with Gasteiger partial charge in [0.25, 0.3) is 0 Å². The maximum atomic E-state index is 15.8. The highest BCUT2D eigenvalue weighted by atomic mass is 31.2. The van der Waals surface area contributed by atoms with Gasteiger partial charge in [-0.3, -0.25) is 0 Å². The Labute approximate surface area is 220 Å². The van der Waals surface area contributed by atoms with Gasteiger partial charge < -0.3 is 4.57 Å². The van der Waals surface area contributed by atoms with Crippen molar-refractivity contribution in [3.8, 4) is 11.1 Å². The average molecular weight is 499 g/mol. The molecule has 2 heteroatoms. The summed E-state index contributed by atoms with van der Waals surface area (Å²) in [5, 5.41) is 2.81. The lowest BCUT2D eigenvalue weighted by atomic mass is 9.92. The molecule has 37 heavy (non-hydrogen) atoms. The molecule has 182 valence electrons. The van der Waals surface area contributed by atoms with Crippen LogP contribution in [0.3, 0.4) is 0 Å². The van der Waals surface area contributed by atoms with Crippen LogP contribution in [0.1, 0.15) is 38.9 Å². The molecule has 0 unspecified atom stereocenters. The fraction of sp³-hybridized carbons (Fsp3) is 0.143. The molecule has 0 spiro atoms. The van der Waals surface area contributed by atoms with E-state index in [9.17, 15) is 0 Å². The van der Waals surface area contributed by atoms with E-state index < -0.39 is 7.14 Å². The van der Waals surface area contributed by atoms with Gasteiger partial charge in [-0.1, -0.05) is 115 Å². The van der Waals surface area contributed by atoms with Crippen molar-refractivity contribution in [3.63, 3.8) is 0 Å². The number of hydrogen-bond donors (Lipinski definition) is 0. The van der Waals surface area contributed by atoms with Crippen LogP contribution < -0.4 is 15.9 Å². The third-order valence-electron chi connectivity index (χ3n) is 7.80. The normalized spacial score (nSPS) is 12.3. The molecular weight excluding hydrogens is 467 g/mol. The zero-order valence-electron chi connectivity index (χ0n) is 21.7. The van der Waals surface area contributed by atoms with E-state index in [1.165, 1.54) is 44.5 Å². The van der Waals surface area contributed by atoms with Crippen LogP contribution in [0, 0.1) is 20.8 Å². The van der Waals surface area contributed by atoms with E-state index in [1.54, 1.807) is 0 Å². The fourth-order valence-electron chi connectivity index (χ4n) is 6.14. The number of aryl methyl sites for hydroxylation is 3. The molecular formula is C35H31OP. The quantitative estimate of drug-likeness (QED) is 0.226. The maximum absolute atomic E-state index is 15.8. The van der Waals surface area contributed by atoms with E-state index in [0.717, 1.165) is 34.3 Å². The number of benzene rings is 5. The van der Waals surface area contributed by atoms with Crippen LogP contribution in [0.25, 0.3) is 11.1 Å². The first-order valence-electron chi connectivity index (χ1n) is 13.0. The van der Waals surface area contributed by atoms with E-state index in [-0.39, 0.29) is 0 Å². The summed E-state index contributed by atoms with van der Waals surface area (Å²) < 4.78 is 15.8. The summed E-state index contributed by atoms with van der Waals surface area (Å²) in [7, 11) is -3.16. The van der Waals surface area contributed by atoms with Crippen molar-refractivity contribution in [1.29, 1.82) is 0 Å². The average Bonchev–Trinajstić information content (AvgIpc) is 3.29. The Kier molecular flexibility index (Phi) is 5.98. The molecule has 5 aromatic carbocycles. The molecule has 6 rings (SSSR count). The third-order valence-corrected chi connectivity index (χ3v) is 11.0. The SMILES string of the molecule is Cc1cc(C)c(Cc2ccc3c(c2P(=O)(c2ccccc2)c2ccccc2)Cc2ccccc2-3)c(C)c1. The van der Waals surface area contributed by atoms with Crippen LogP contribution >= 0.6 is 7.14 Å². The summed E-state index contributed by atoms with van der Waals surface area (Å²) in [6.45, 7) is 6.55. The van der Waals surface area contributed by atoms with Crippen molar-refractivity contribution in [1.82, 2.24) is 0 Å². The second-order valence-corrected chi connectivity index (χ2v) is 13.0. The lowest BCUT2D eigenvalue weighted by Gasteiger charge is -2.26. The second kappa shape index (κ2) is 9.33. The predicted octanol–water partition coefficient (Wildman–Crippen LogP) is 7.41. The molecule has 5 aromatic rings. The van der Waals surface area contributed by atoms with Gasteiger partial charge in [0.1, 0.15) is 0 Å². The van der Waals surface area contributed by atoms with Gasteiger partial charge in [0, 0.05) is 15.9 Å². The topological polar surface area (TPSA) is 17.1 Å². The van der Waals surface area contributed by atoms with Crippen LogP contribution in [0.2, 0.25) is 0 Å². The maximum Gasteiger partial charge on any atom is 0.171 e. The minimum atomic E-state index is -3.16. The van der Waals surface area contributed by atoms with Gasteiger partial charge in [-0.25, -0.2) is 0 Å². The smallest absolute Gasteiger partial charge is 0.171 e. The van der Waals surface area contributed by atoms with Crippen molar-refractivity contribution in [2.24, 2.45) is 0 Å². The molecule has 0 atom stereocenters. The molecule has 0 saturated heterocycles. The monoisotopic (exact) mass is 498 g/mol. The van der Waals surface area contributed by atoms with Gasteiger partial charge in [0.2, 0.25) is 0 Å². The molecule has 0 aliphatic heterocycles. The molecule has 1 aliphatic rings. The Morgan fingerprint density at radius 1 is 0.649 bits per heavy atom. The predicted molar refractivity (Wildman–Crippen MR) is 158 cm³/mol. The van der Waals surface area contributed by atoms with E-state index >= 15 is 4.57 Å². The van der Waals surface area contributed by atoms with Crippen molar-refractivity contribution in [2.75, 3.05) is 0 Å². The highest BCUT2D eigenvalue weighted by Gasteiger charge is 2.37. The minimum Gasteiger partial charge on any atom is -0.309 e. The van der Waals surface area contributed by atoms with Crippen molar-refractivity contribution in [3.05, 3.63) is 148 Å². The third kappa shape index (κ3) is 3.99. The van der Waals surface area contributed by atoms with E-state index in [1.807, 2.05) is 60.7 Å². The van der Waals surface area contributed by atoms with Gasteiger partial charge in [0.15, 0.2) is 7.14 Å². The van der Waals surface area contributed by atoms with Crippen molar-refractivity contribution < 1.29 is 4.57 Å². The van der Waals surface area contributed by atoms with E-state index in [0.29, 0.717) is 0 Å². The molecule has 1 aliphatic carbocycles. The zero-order chi connectivity index (χ0) is 25.6. The highest BCUT2D eigenvalue weighted by Crippen LogP contribution is 2.49. The Balaban J connectivity index is 1.67. The van der Waals surface area contributed by atoms with Gasteiger partial charge in [-0.2, -0.15) is 0 Å². The van der Waals surface area contributed by atoms with Crippen LogP contribution in [-0.2, 0) is 17.4 Å². The Bertz CT molecular complexity index is 1600. The first-order valence-corrected chi connectivity index (χ1v) is 14.7. The summed E-state index contributed by atoms with van der Waals surface area (Å²) >= 11 is 0. The summed E-state index contributed by atoms with van der Waals surface area (Å²) in [4.78, 5) is 0. The molecule has 0 radical (unpaired) electrons. The standard InChI is InChI=1S/C35H31OP/c1-24-20-25(2)33(26(3)21-24)23-28-18-19-32-31-17-11-10-12-27(31)22-34(32)35(28)37(36,29-13-6-4-7-14-29)30-15-8-5-9-16-30/h4-21H,22-23H2,1-3H3. The number of rotatable bonds is 5. The lowest BCUT2D eigenvalue weighted by Crippen LogP contribution is -2.30. The molecule has 0 N–H and O–H groups in total. The summed E-state index contributed by atoms with van der Waals surface area (Å²) in [6.07, 6.45) is 1.57. The van der Waals surface area contributed by atoms with Crippen LogP contribution in [-0.4, -0.2) is 0 Å². The van der Waals surface area contributed by atoms with E-state index in [2.05, 4.69) is 69.3 Å². The van der Waals surface area contributed by atoms with Gasteiger partial charge in [-0.15, -0.1) is 0 Å². The Hall–Kier alpha value is -3.67. The fourth-order valence-corrected chi connectivity index (χ4v) is 9.28. The van der Waals surface area contributed by atoms with Gasteiger partial charge in [0.05, 0.1) is 0 Å². The molecule has 0 aromatic heterocycles. The minimum absolute atomic E-state index is 0.764. The zero-order valence-corrected chi connectivity index (χ0v) is 22.6. The Morgan fingerprint density at radius 2 is 1.22 bits per heavy atom. The Morgan fingerprint density at radius 3 is 1.84 bits per heavy atom. The van der Waals surface area contributed by atoms with Crippen molar-refractivity contribution >= 4 is 23.1 Å². The molecule has 1 nitrogen and oxygen atoms in total. The van der Waals surface area contributed by atoms with Crippen LogP contribution in [0.15, 0.2) is 109 Å². The first-order chi connectivity index (χ1) is 18.0.